The quantitative estimate of drug-likeness (QED) is 0.472. The molecule has 28 heavy (non-hydrogen) atoms. The number of nitriles is 2. The first kappa shape index (κ1) is 21.8. The van der Waals surface area contributed by atoms with E-state index in [-0.39, 0.29) is 11.7 Å². The normalized spacial score (nSPS) is 11.6. The van der Waals surface area contributed by atoms with Crippen molar-refractivity contribution in [1.29, 1.82) is 10.5 Å². The van der Waals surface area contributed by atoms with Gasteiger partial charge in [0.2, 0.25) is 0 Å². The van der Waals surface area contributed by atoms with Crippen LogP contribution in [0.1, 0.15) is 81.4 Å². The summed E-state index contributed by atoms with van der Waals surface area (Å²) in [5, 5.41) is 20.3. The second kappa shape index (κ2) is 11.4. The van der Waals surface area contributed by atoms with Gasteiger partial charge in [0.05, 0.1) is 11.1 Å². The maximum absolute atomic E-state index is 9.98. The molecule has 0 aliphatic carbocycles. The SMILES string of the molecule is CCCCCC(CCCC)c1c(C#N)c(N)nc(Sc2ccccc2)c1C#N. The van der Waals surface area contributed by atoms with E-state index in [0.29, 0.717) is 16.2 Å². The Morgan fingerprint density at radius 3 is 2.21 bits per heavy atom. The van der Waals surface area contributed by atoms with Gasteiger partial charge in [0.25, 0.3) is 0 Å². The number of nitrogens with zero attached hydrogens (tertiary/aromatic N) is 3. The van der Waals surface area contributed by atoms with E-state index >= 15 is 0 Å². The van der Waals surface area contributed by atoms with E-state index in [1.807, 2.05) is 30.3 Å². The first-order chi connectivity index (χ1) is 13.7. The molecule has 0 aliphatic rings. The largest absolute Gasteiger partial charge is 0.383 e. The van der Waals surface area contributed by atoms with Gasteiger partial charge in [-0.3, -0.25) is 0 Å². The maximum atomic E-state index is 9.98. The Balaban J connectivity index is 2.54. The van der Waals surface area contributed by atoms with Crippen LogP contribution in [0.4, 0.5) is 5.82 Å². The Hall–Kier alpha value is -2.50. The van der Waals surface area contributed by atoms with E-state index in [0.717, 1.165) is 55.4 Å². The molecule has 0 saturated carbocycles. The molecular weight excluding hydrogens is 364 g/mol. The van der Waals surface area contributed by atoms with E-state index in [1.165, 1.54) is 11.8 Å². The Kier molecular flexibility index (Phi) is 8.85. The van der Waals surface area contributed by atoms with Crippen LogP contribution in [-0.4, -0.2) is 4.98 Å². The summed E-state index contributed by atoms with van der Waals surface area (Å²) in [6, 6.07) is 14.4. The minimum Gasteiger partial charge on any atom is -0.383 e. The van der Waals surface area contributed by atoms with Crippen molar-refractivity contribution < 1.29 is 0 Å². The molecule has 0 fully saturated rings. The lowest BCUT2D eigenvalue weighted by Gasteiger charge is -2.22. The number of rotatable bonds is 10. The molecule has 1 aromatic heterocycles. The molecule has 0 amide bonds. The molecule has 1 heterocycles. The third-order valence-electron chi connectivity index (χ3n) is 4.88. The number of aromatic nitrogens is 1. The molecule has 146 valence electrons. The van der Waals surface area contributed by atoms with Crippen LogP contribution >= 0.6 is 11.8 Å². The molecule has 0 bridgehead atoms. The third-order valence-corrected chi connectivity index (χ3v) is 5.88. The lowest BCUT2D eigenvalue weighted by Crippen LogP contribution is -2.11. The lowest BCUT2D eigenvalue weighted by molar-refractivity contribution is 0.512. The van der Waals surface area contributed by atoms with Gasteiger partial charge in [0, 0.05) is 4.90 Å². The van der Waals surface area contributed by atoms with Crippen LogP contribution in [0, 0.1) is 22.7 Å². The van der Waals surface area contributed by atoms with Crippen molar-refractivity contribution in [2.75, 3.05) is 5.73 Å². The van der Waals surface area contributed by atoms with Gasteiger partial charge in [0.1, 0.15) is 23.0 Å². The predicted octanol–water partition coefficient (Wildman–Crippen LogP) is 6.41. The number of benzene rings is 1. The molecule has 5 heteroatoms. The molecule has 0 spiro atoms. The molecule has 2 N–H and O–H groups in total. The van der Waals surface area contributed by atoms with Gasteiger partial charge in [-0.2, -0.15) is 10.5 Å². The van der Waals surface area contributed by atoms with Gasteiger partial charge in [-0.1, -0.05) is 75.9 Å². The highest BCUT2D eigenvalue weighted by Crippen LogP contribution is 2.39. The Labute approximate surface area is 172 Å². The fourth-order valence-corrected chi connectivity index (χ4v) is 4.35. The number of pyridine rings is 1. The molecule has 4 nitrogen and oxygen atoms in total. The van der Waals surface area contributed by atoms with Crippen molar-refractivity contribution in [1.82, 2.24) is 4.98 Å². The molecule has 0 aliphatic heterocycles. The van der Waals surface area contributed by atoms with E-state index in [4.69, 9.17) is 5.73 Å². The van der Waals surface area contributed by atoms with Gasteiger partial charge in [0.15, 0.2) is 0 Å². The van der Waals surface area contributed by atoms with Crippen molar-refractivity contribution in [3.8, 4) is 12.1 Å². The summed E-state index contributed by atoms with van der Waals surface area (Å²) >= 11 is 1.43. The summed E-state index contributed by atoms with van der Waals surface area (Å²) in [6.45, 7) is 4.35. The lowest BCUT2D eigenvalue weighted by atomic mass is 9.84. The Morgan fingerprint density at radius 1 is 0.964 bits per heavy atom. The fraction of sp³-hybridized carbons (Fsp3) is 0.435. The minimum atomic E-state index is 0.163. The Bertz CT molecular complexity index is 850. The van der Waals surface area contributed by atoms with E-state index in [1.54, 1.807) is 0 Å². The number of nitrogens with two attached hydrogens (primary N) is 1. The van der Waals surface area contributed by atoms with Gasteiger partial charge >= 0.3 is 0 Å². The average Bonchev–Trinajstić information content (AvgIpc) is 2.71. The van der Waals surface area contributed by atoms with Crippen molar-refractivity contribution in [3.63, 3.8) is 0 Å². The molecular formula is C23H28N4S. The standard InChI is InChI=1S/C23H28N4S/c1-3-5-8-12-17(11-6-4-2)21-19(15-24)22(26)27-23(20(21)16-25)28-18-13-9-7-10-14-18/h7,9-10,13-14,17H,3-6,8,11-12H2,1-2H3,(H2,26,27). The number of nitrogen functional groups attached to an aromatic ring is 1. The number of unbranched alkanes of at least 4 members (excludes halogenated alkanes) is 3. The van der Waals surface area contributed by atoms with E-state index in [9.17, 15) is 10.5 Å². The number of hydrogen-bond acceptors (Lipinski definition) is 5. The van der Waals surface area contributed by atoms with Crippen molar-refractivity contribution in [3.05, 3.63) is 47.0 Å². The summed E-state index contributed by atoms with van der Waals surface area (Å²) in [7, 11) is 0. The summed E-state index contributed by atoms with van der Waals surface area (Å²) in [5.74, 6) is 0.392. The van der Waals surface area contributed by atoms with Gasteiger partial charge in [-0.05, 0) is 36.5 Å². The topological polar surface area (TPSA) is 86.5 Å². The van der Waals surface area contributed by atoms with E-state index in [2.05, 4.69) is 31.0 Å². The minimum absolute atomic E-state index is 0.163. The fourth-order valence-electron chi connectivity index (χ4n) is 3.43. The smallest absolute Gasteiger partial charge is 0.143 e. The first-order valence-corrected chi connectivity index (χ1v) is 10.8. The average molecular weight is 393 g/mol. The first-order valence-electron chi connectivity index (χ1n) is 10.0. The van der Waals surface area contributed by atoms with Crippen LogP contribution in [-0.2, 0) is 0 Å². The monoisotopic (exact) mass is 392 g/mol. The van der Waals surface area contributed by atoms with Crippen LogP contribution < -0.4 is 5.73 Å². The zero-order valence-corrected chi connectivity index (χ0v) is 17.6. The van der Waals surface area contributed by atoms with Crippen molar-refractivity contribution in [2.45, 2.75) is 74.6 Å². The summed E-state index contributed by atoms with van der Waals surface area (Å²) < 4.78 is 0. The third kappa shape index (κ3) is 5.50. The van der Waals surface area contributed by atoms with E-state index < -0.39 is 0 Å². The van der Waals surface area contributed by atoms with Crippen LogP contribution in [0.15, 0.2) is 40.3 Å². The predicted molar refractivity (Wildman–Crippen MR) is 115 cm³/mol. The molecule has 1 unspecified atom stereocenters. The van der Waals surface area contributed by atoms with Crippen LogP contribution in [0.25, 0.3) is 0 Å². The highest BCUT2D eigenvalue weighted by Gasteiger charge is 2.25. The zero-order chi connectivity index (χ0) is 20.4. The van der Waals surface area contributed by atoms with Gasteiger partial charge in [-0.25, -0.2) is 4.98 Å². The highest BCUT2D eigenvalue weighted by molar-refractivity contribution is 7.99. The van der Waals surface area contributed by atoms with Crippen LogP contribution in [0.5, 0.6) is 0 Å². The van der Waals surface area contributed by atoms with Crippen molar-refractivity contribution in [2.24, 2.45) is 0 Å². The summed E-state index contributed by atoms with van der Waals surface area (Å²) in [5.41, 5.74) is 7.87. The number of anilines is 1. The molecule has 2 aromatic rings. The zero-order valence-electron chi connectivity index (χ0n) is 16.7. The molecule has 0 saturated heterocycles. The second-order valence-corrected chi connectivity index (χ2v) is 8.00. The molecule has 2 rings (SSSR count). The van der Waals surface area contributed by atoms with Gasteiger partial charge in [-0.15, -0.1) is 0 Å². The van der Waals surface area contributed by atoms with Crippen LogP contribution in [0.2, 0.25) is 0 Å². The molecule has 1 aromatic carbocycles. The maximum Gasteiger partial charge on any atom is 0.143 e. The van der Waals surface area contributed by atoms with Gasteiger partial charge < -0.3 is 5.73 Å². The molecule has 1 atom stereocenters. The summed E-state index contributed by atoms with van der Waals surface area (Å²) in [6.07, 6.45) is 7.46. The Morgan fingerprint density at radius 2 is 1.61 bits per heavy atom. The summed E-state index contributed by atoms with van der Waals surface area (Å²) in [4.78, 5) is 5.42. The van der Waals surface area contributed by atoms with Crippen molar-refractivity contribution >= 4 is 17.6 Å². The highest BCUT2D eigenvalue weighted by atomic mass is 32.2. The van der Waals surface area contributed by atoms with Crippen LogP contribution in [0.3, 0.4) is 0 Å². The molecule has 0 radical (unpaired) electrons. The number of hydrogen-bond donors (Lipinski definition) is 1. The second-order valence-electron chi connectivity index (χ2n) is 6.94.